The summed E-state index contributed by atoms with van der Waals surface area (Å²) >= 11 is 6.00. The number of rotatable bonds is 3. The number of hydrogen-bond acceptors (Lipinski definition) is 4. The van der Waals surface area contributed by atoms with Gasteiger partial charge in [0.15, 0.2) is 0 Å². The molecule has 0 saturated carbocycles. The van der Waals surface area contributed by atoms with Gasteiger partial charge in [-0.15, -0.1) is 0 Å². The highest BCUT2D eigenvalue weighted by atomic mass is 35.5. The number of aromatic amines is 1. The number of pyridine rings is 1. The number of nitrogens with one attached hydrogen (secondary N) is 1. The van der Waals surface area contributed by atoms with Gasteiger partial charge in [0.2, 0.25) is 0 Å². The summed E-state index contributed by atoms with van der Waals surface area (Å²) < 4.78 is 14.3. The second-order valence-electron chi connectivity index (χ2n) is 5.80. The number of benzene rings is 2. The Kier molecular flexibility index (Phi) is 4.20. The summed E-state index contributed by atoms with van der Waals surface area (Å²) in [5.41, 5.74) is 3.11. The van der Waals surface area contributed by atoms with Gasteiger partial charge in [-0.3, -0.25) is 4.98 Å². The summed E-state index contributed by atoms with van der Waals surface area (Å²) in [5, 5.41) is 19.8. The van der Waals surface area contributed by atoms with Crippen molar-refractivity contribution in [3.63, 3.8) is 0 Å². The molecule has 5 nitrogen and oxygen atoms in total. The molecule has 2 aromatic heterocycles. The van der Waals surface area contributed by atoms with Crippen LogP contribution in [0.1, 0.15) is 0 Å². The van der Waals surface area contributed by atoms with Crippen molar-refractivity contribution in [1.82, 2.24) is 15.0 Å². The molecule has 0 bridgehead atoms. The molecule has 8 heteroatoms. The highest BCUT2D eigenvalue weighted by Crippen LogP contribution is 2.33. The molecule has 3 N–H and O–H groups in total. The summed E-state index contributed by atoms with van der Waals surface area (Å²) in [7, 11) is -1.60. The first kappa shape index (κ1) is 16.7. The normalized spacial score (nSPS) is 11.1. The van der Waals surface area contributed by atoms with E-state index in [4.69, 9.17) is 11.6 Å². The van der Waals surface area contributed by atoms with Gasteiger partial charge in [-0.2, -0.15) is 0 Å². The lowest BCUT2D eigenvalue weighted by Crippen LogP contribution is -2.29. The number of nitrogens with zero attached hydrogens (tertiary/aromatic N) is 2. The topological polar surface area (TPSA) is 82.0 Å². The maximum atomic E-state index is 14.3. The molecule has 0 radical (unpaired) electrons. The largest absolute Gasteiger partial charge is 0.490 e. The fourth-order valence-corrected chi connectivity index (χ4v) is 3.02. The predicted octanol–water partition coefficient (Wildman–Crippen LogP) is 2.76. The molecule has 0 aliphatic rings. The van der Waals surface area contributed by atoms with Crippen molar-refractivity contribution < 1.29 is 14.4 Å². The standard InChI is InChI=1S/C18H12BClFN3O2/c20-13-2-3-15(21)14(7-13)18-17(23-9-24-18)10-1-4-16-11(5-10)6-12(8-22-16)19(25)26/h1-9,25-26H,(H,23,24). The number of halogens is 2. The molecule has 2 aromatic carbocycles. The molecule has 0 aliphatic carbocycles. The van der Waals surface area contributed by atoms with Gasteiger partial charge in [-0.25, -0.2) is 9.37 Å². The Hall–Kier alpha value is -2.74. The van der Waals surface area contributed by atoms with Gasteiger partial charge in [0, 0.05) is 33.2 Å². The summed E-state index contributed by atoms with van der Waals surface area (Å²) in [6.07, 6.45) is 2.90. The predicted molar refractivity (Wildman–Crippen MR) is 99.6 cm³/mol. The van der Waals surface area contributed by atoms with E-state index in [0.717, 1.165) is 5.56 Å². The molecule has 4 rings (SSSR count). The molecule has 26 heavy (non-hydrogen) atoms. The Balaban J connectivity index is 1.86. The third-order valence-corrected chi connectivity index (χ3v) is 4.35. The molecular formula is C18H12BClFN3O2. The smallest absolute Gasteiger partial charge is 0.423 e. The Morgan fingerprint density at radius 3 is 2.69 bits per heavy atom. The minimum atomic E-state index is -1.60. The Labute approximate surface area is 153 Å². The van der Waals surface area contributed by atoms with Crippen LogP contribution >= 0.6 is 11.6 Å². The van der Waals surface area contributed by atoms with Gasteiger partial charge < -0.3 is 15.0 Å². The lowest BCUT2D eigenvalue weighted by atomic mass is 9.81. The van der Waals surface area contributed by atoms with Crippen molar-refractivity contribution in [3.05, 3.63) is 65.8 Å². The summed E-state index contributed by atoms with van der Waals surface area (Å²) in [5.74, 6) is -0.409. The zero-order valence-electron chi connectivity index (χ0n) is 13.3. The van der Waals surface area contributed by atoms with Crippen LogP contribution in [0.15, 0.2) is 55.0 Å². The van der Waals surface area contributed by atoms with Crippen molar-refractivity contribution in [2.75, 3.05) is 0 Å². The molecule has 128 valence electrons. The minimum Gasteiger partial charge on any atom is -0.423 e. The lowest BCUT2D eigenvalue weighted by molar-refractivity contribution is 0.425. The third kappa shape index (κ3) is 2.97. The van der Waals surface area contributed by atoms with Crippen LogP contribution in [0.2, 0.25) is 5.02 Å². The van der Waals surface area contributed by atoms with Crippen molar-refractivity contribution in [2.24, 2.45) is 0 Å². The zero-order chi connectivity index (χ0) is 18.3. The Morgan fingerprint density at radius 2 is 1.88 bits per heavy atom. The Bertz CT molecular complexity index is 1120. The van der Waals surface area contributed by atoms with E-state index >= 15 is 0 Å². The quantitative estimate of drug-likeness (QED) is 0.486. The van der Waals surface area contributed by atoms with Crippen LogP contribution < -0.4 is 5.46 Å². The van der Waals surface area contributed by atoms with E-state index in [1.54, 1.807) is 12.1 Å². The number of fused-ring (bicyclic) bond motifs is 1. The molecule has 0 aliphatic heterocycles. The molecule has 0 spiro atoms. The maximum absolute atomic E-state index is 14.3. The zero-order valence-corrected chi connectivity index (χ0v) is 14.1. The van der Waals surface area contributed by atoms with Crippen LogP contribution in [0.4, 0.5) is 4.39 Å². The molecule has 0 saturated heterocycles. The highest BCUT2D eigenvalue weighted by molar-refractivity contribution is 6.58. The fraction of sp³-hybridized carbons (Fsp3) is 0. The maximum Gasteiger partial charge on any atom is 0.490 e. The van der Waals surface area contributed by atoms with E-state index in [-0.39, 0.29) is 5.46 Å². The van der Waals surface area contributed by atoms with Crippen molar-refractivity contribution in [2.45, 2.75) is 0 Å². The monoisotopic (exact) mass is 367 g/mol. The van der Waals surface area contributed by atoms with Crippen molar-refractivity contribution in [1.29, 1.82) is 0 Å². The van der Waals surface area contributed by atoms with Gasteiger partial charge in [0.05, 0.1) is 23.2 Å². The third-order valence-electron chi connectivity index (χ3n) is 4.11. The van der Waals surface area contributed by atoms with E-state index in [2.05, 4.69) is 15.0 Å². The van der Waals surface area contributed by atoms with Crippen LogP contribution in [-0.2, 0) is 0 Å². The van der Waals surface area contributed by atoms with E-state index in [1.165, 1.54) is 30.7 Å². The summed E-state index contributed by atoms with van der Waals surface area (Å²) in [4.78, 5) is 11.5. The molecule has 4 aromatic rings. The van der Waals surface area contributed by atoms with Crippen LogP contribution in [0.25, 0.3) is 33.4 Å². The number of imidazole rings is 1. The first-order valence-electron chi connectivity index (χ1n) is 7.78. The van der Waals surface area contributed by atoms with E-state index in [1.807, 2.05) is 12.1 Å². The highest BCUT2D eigenvalue weighted by Gasteiger charge is 2.16. The van der Waals surface area contributed by atoms with Crippen molar-refractivity contribution in [3.8, 4) is 22.5 Å². The fourth-order valence-electron chi connectivity index (χ4n) is 2.84. The SMILES string of the molecule is OB(O)c1cnc2ccc(-c3nc[nH]c3-c3cc(Cl)ccc3F)cc2c1. The Morgan fingerprint density at radius 1 is 1.04 bits per heavy atom. The van der Waals surface area contributed by atoms with E-state index < -0.39 is 12.9 Å². The van der Waals surface area contributed by atoms with E-state index in [9.17, 15) is 14.4 Å². The second kappa shape index (κ2) is 6.53. The van der Waals surface area contributed by atoms with Crippen LogP contribution in [-0.4, -0.2) is 32.1 Å². The molecule has 0 amide bonds. The van der Waals surface area contributed by atoms with Gasteiger partial charge in [-0.05, 0) is 30.3 Å². The first-order valence-corrected chi connectivity index (χ1v) is 8.16. The average molecular weight is 368 g/mol. The van der Waals surface area contributed by atoms with Crippen LogP contribution in [0.5, 0.6) is 0 Å². The molecule has 0 fully saturated rings. The number of aromatic nitrogens is 3. The first-order chi connectivity index (χ1) is 12.5. The minimum absolute atomic E-state index is 0.290. The van der Waals surface area contributed by atoms with E-state index in [0.29, 0.717) is 32.9 Å². The second-order valence-corrected chi connectivity index (χ2v) is 6.24. The van der Waals surface area contributed by atoms with Crippen molar-refractivity contribution >= 4 is 35.1 Å². The molecule has 2 heterocycles. The summed E-state index contributed by atoms with van der Waals surface area (Å²) in [6.45, 7) is 0. The van der Waals surface area contributed by atoms with Gasteiger partial charge in [-0.1, -0.05) is 23.7 Å². The van der Waals surface area contributed by atoms with Gasteiger partial charge in [0.25, 0.3) is 0 Å². The van der Waals surface area contributed by atoms with Crippen LogP contribution in [0, 0.1) is 5.82 Å². The number of H-pyrrole nitrogens is 1. The lowest BCUT2D eigenvalue weighted by Gasteiger charge is -2.07. The summed E-state index contributed by atoms with van der Waals surface area (Å²) in [6, 6.07) is 11.4. The number of hydrogen-bond donors (Lipinski definition) is 3. The average Bonchev–Trinajstić information content (AvgIpc) is 3.12. The molecule has 0 unspecified atom stereocenters. The molecular weight excluding hydrogens is 355 g/mol. The molecule has 0 atom stereocenters. The van der Waals surface area contributed by atoms with Gasteiger partial charge in [0.1, 0.15) is 5.82 Å². The van der Waals surface area contributed by atoms with Gasteiger partial charge >= 0.3 is 7.12 Å². The van der Waals surface area contributed by atoms with Crippen LogP contribution in [0.3, 0.4) is 0 Å².